The maximum absolute atomic E-state index is 14.0. The van der Waals surface area contributed by atoms with Gasteiger partial charge < -0.3 is 48.4 Å². The van der Waals surface area contributed by atoms with E-state index in [4.69, 9.17) is 37.9 Å². The summed E-state index contributed by atoms with van der Waals surface area (Å²) in [4.78, 5) is 78.2. The molecule has 3 atom stereocenters. The van der Waals surface area contributed by atoms with Crippen LogP contribution < -0.4 is 10.2 Å². The molecule has 2 fully saturated rings. The van der Waals surface area contributed by atoms with Crippen molar-refractivity contribution >= 4 is 44.1 Å². The molecule has 4 rings (SSSR count). The van der Waals surface area contributed by atoms with Crippen LogP contribution in [0.15, 0.2) is 36.4 Å². The Morgan fingerprint density at radius 1 is 0.868 bits per heavy atom. The fourth-order valence-electron chi connectivity index (χ4n) is 5.34. The van der Waals surface area contributed by atoms with Gasteiger partial charge in [-0.2, -0.15) is 0 Å². The summed E-state index contributed by atoms with van der Waals surface area (Å²) in [5.41, 5.74) is 0.564. The second-order valence-electron chi connectivity index (χ2n) is 11.4. The topological polar surface area (TPSA) is 215 Å². The summed E-state index contributed by atoms with van der Waals surface area (Å²) in [7, 11) is -1.37. The van der Waals surface area contributed by atoms with Crippen molar-refractivity contribution in [2.45, 2.75) is 45.8 Å². The summed E-state index contributed by atoms with van der Waals surface area (Å²) in [5.74, 6) is -0.715. The lowest BCUT2D eigenvalue weighted by Crippen LogP contribution is -2.56. The van der Waals surface area contributed by atoms with Gasteiger partial charge in [0.25, 0.3) is 5.91 Å². The zero-order chi connectivity index (χ0) is 38.3. The third-order valence-corrected chi connectivity index (χ3v) is 9.02. The molecule has 2 saturated heterocycles. The Bertz CT molecular complexity index is 1570. The minimum absolute atomic E-state index is 0.0329. The SMILES string of the molecule is CCOC(=O)OC(OC(=O)OCC)O[P+](=O)C[C@@H](NC(=O)c1cc(N2CC[C@H](OC)C2)nc(-c2ccccc2)n1)C(=O)N1CCN(C(=O)OCC)CC1. The zero-order valence-electron chi connectivity index (χ0n) is 30.0. The van der Waals surface area contributed by atoms with E-state index >= 15 is 0 Å². The number of nitrogens with one attached hydrogen (secondary N) is 1. The summed E-state index contributed by atoms with van der Waals surface area (Å²) in [6.45, 7) is 4.09. The maximum atomic E-state index is 14.0. The van der Waals surface area contributed by atoms with Gasteiger partial charge in [-0.3, -0.25) is 9.59 Å². The lowest BCUT2D eigenvalue weighted by atomic mass is 10.2. The van der Waals surface area contributed by atoms with Gasteiger partial charge in [-0.15, -0.1) is 0 Å². The van der Waals surface area contributed by atoms with E-state index in [0.29, 0.717) is 24.5 Å². The van der Waals surface area contributed by atoms with E-state index in [1.165, 1.54) is 29.7 Å². The molecule has 20 heteroatoms. The number of methoxy groups -OCH3 is 1. The van der Waals surface area contributed by atoms with Crippen LogP contribution in [0.1, 0.15) is 37.7 Å². The fraction of sp³-hybridized carbons (Fsp3) is 0.545. The van der Waals surface area contributed by atoms with Crippen molar-refractivity contribution in [3.05, 3.63) is 42.1 Å². The smallest absolute Gasteiger partial charge is 0.450 e. The number of amides is 3. The molecule has 0 bridgehead atoms. The van der Waals surface area contributed by atoms with Crippen LogP contribution in [0, 0.1) is 0 Å². The first-order chi connectivity index (χ1) is 25.5. The quantitative estimate of drug-likeness (QED) is 0.119. The number of carbonyl (C=O) groups is 5. The van der Waals surface area contributed by atoms with E-state index in [0.717, 1.165) is 6.42 Å². The van der Waals surface area contributed by atoms with E-state index in [1.54, 1.807) is 38.3 Å². The van der Waals surface area contributed by atoms with Gasteiger partial charge in [-0.1, -0.05) is 34.9 Å². The first-order valence-electron chi connectivity index (χ1n) is 17.1. The van der Waals surface area contributed by atoms with Gasteiger partial charge in [0.15, 0.2) is 11.9 Å². The monoisotopic (exact) mass is 763 g/mol. The Balaban J connectivity index is 1.60. The Labute approximate surface area is 307 Å². The standard InChI is InChI=1S/C33H43N6O13P/c1-5-47-30(42)38-17-15-37(16-18-38)29(41)25(21-53(45)52-33(50-31(43)48-6-2)51-32(44)49-7-3)35-28(40)24-19-26(39-14-13-23(20-39)46-4)36-27(34-24)22-11-9-8-10-12-22/h8-12,19,23,25,33H,5-7,13-18,20-21H2,1-4H3/p+1/t23-,25+/m0/s1. The largest absolute Gasteiger partial charge is 0.518 e. The van der Waals surface area contributed by atoms with Crippen molar-refractivity contribution in [2.75, 3.05) is 77.3 Å². The number of hydrogen-bond donors (Lipinski definition) is 1. The Morgan fingerprint density at radius 3 is 2.08 bits per heavy atom. The normalized spacial score (nSPS) is 16.4. The van der Waals surface area contributed by atoms with Gasteiger partial charge in [0.2, 0.25) is 12.1 Å². The minimum Gasteiger partial charge on any atom is -0.450 e. The van der Waals surface area contributed by atoms with E-state index in [2.05, 4.69) is 10.3 Å². The van der Waals surface area contributed by atoms with Crippen LogP contribution >= 0.6 is 8.03 Å². The van der Waals surface area contributed by atoms with Gasteiger partial charge >= 0.3 is 32.9 Å². The molecule has 0 saturated carbocycles. The molecule has 2 aliphatic heterocycles. The Kier molecular flexibility index (Phi) is 15.5. The van der Waals surface area contributed by atoms with E-state index < -0.39 is 56.9 Å². The van der Waals surface area contributed by atoms with Gasteiger partial charge in [0.05, 0.1) is 25.9 Å². The maximum Gasteiger partial charge on any atom is 0.518 e. The number of piperazine rings is 1. The predicted octanol–water partition coefficient (Wildman–Crippen LogP) is 3.16. The fourth-order valence-corrected chi connectivity index (χ4v) is 6.25. The highest BCUT2D eigenvalue weighted by molar-refractivity contribution is 7.39. The molecule has 1 aromatic heterocycles. The van der Waals surface area contributed by atoms with Crippen LogP contribution in [-0.2, 0) is 42.3 Å². The van der Waals surface area contributed by atoms with Crippen LogP contribution in [0.5, 0.6) is 0 Å². The first-order valence-corrected chi connectivity index (χ1v) is 18.4. The number of nitrogens with zero attached hydrogens (tertiary/aromatic N) is 5. The molecule has 1 N–H and O–H groups in total. The molecule has 288 valence electrons. The van der Waals surface area contributed by atoms with Crippen LogP contribution in [0.25, 0.3) is 11.4 Å². The summed E-state index contributed by atoms with van der Waals surface area (Å²) in [6, 6.07) is 9.02. The van der Waals surface area contributed by atoms with Crippen molar-refractivity contribution in [1.82, 2.24) is 25.1 Å². The van der Waals surface area contributed by atoms with Gasteiger partial charge in [0, 0.05) is 58.0 Å². The van der Waals surface area contributed by atoms with Crippen LogP contribution in [0.2, 0.25) is 0 Å². The third-order valence-electron chi connectivity index (χ3n) is 7.94. The van der Waals surface area contributed by atoms with Gasteiger partial charge in [-0.25, -0.2) is 24.4 Å². The van der Waals surface area contributed by atoms with Crippen LogP contribution in [-0.4, -0.2) is 141 Å². The predicted molar refractivity (Wildman–Crippen MR) is 185 cm³/mol. The van der Waals surface area contributed by atoms with Gasteiger partial charge in [-0.05, 0) is 31.8 Å². The summed E-state index contributed by atoms with van der Waals surface area (Å²) in [6.07, 6.45) is -3.06. The molecule has 0 spiro atoms. The number of anilines is 1. The lowest BCUT2D eigenvalue weighted by Gasteiger charge is -2.35. The molecule has 19 nitrogen and oxygen atoms in total. The molecular weight excluding hydrogens is 719 g/mol. The van der Waals surface area contributed by atoms with Crippen molar-refractivity contribution in [2.24, 2.45) is 0 Å². The highest BCUT2D eigenvalue weighted by atomic mass is 31.1. The molecule has 2 aromatic rings. The van der Waals surface area contributed by atoms with Crippen LogP contribution in [0.3, 0.4) is 0 Å². The number of rotatable bonds is 15. The van der Waals surface area contributed by atoms with Gasteiger partial charge in [0.1, 0.15) is 11.5 Å². The molecule has 53 heavy (non-hydrogen) atoms. The summed E-state index contributed by atoms with van der Waals surface area (Å²) < 4.78 is 48.2. The van der Waals surface area contributed by atoms with Crippen molar-refractivity contribution in [3.8, 4) is 11.4 Å². The molecule has 0 aliphatic carbocycles. The number of ether oxygens (including phenoxy) is 6. The second-order valence-corrected chi connectivity index (χ2v) is 12.7. The average Bonchev–Trinajstić information content (AvgIpc) is 3.64. The molecule has 1 aromatic carbocycles. The number of carbonyl (C=O) groups excluding carboxylic acids is 5. The van der Waals surface area contributed by atoms with Crippen molar-refractivity contribution in [3.63, 3.8) is 0 Å². The van der Waals surface area contributed by atoms with Crippen molar-refractivity contribution < 1.29 is 61.5 Å². The lowest BCUT2D eigenvalue weighted by molar-refractivity contribution is -0.199. The van der Waals surface area contributed by atoms with E-state index in [1.807, 2.05) is 11.0 Å². The van der Waals surface area contributed by atoms with Crippen LogP contribution in [0.4, 0.5) is 20.2 Å². The molecule has 3 heterocycles. The highest BCUT2D eigenvalue weighted by Crippen LogP contribution is 2.29. The molecule has 2 aliphatic rings. The Morgan fingerprint density at radius 2 is 1.49 bits per heavy atom. The average molecular weight is 764 g/mol. The molecule has 0 radical (unpaired) electrons. The summed E-state index contributed by atoms with van der Waals surface area (Å²) in [5, 5.41) is 2.63. The Hall–Kier alpha value is -5.13. The summed E-state index contributed by atoms with van der Waals surface area (Å²) >= 11 is 0. The van der Waals surface area contributed by atoms with E-state index in [9.17, 15) is 28.5 Å². The molecule has 1 unspecified atom stereocenters. The number of aromatic nitrogens is 2. The third kappa shape index (κ3) is 11.9. The van der Waals surface area contributed by atoms with Crippen molar-refractivity contribution in [1.29, 1.82) is 0 Å². The first kappa shape index (κ1) is 40.6. The highest BCUT2D eigenvalue weighted by Gasteiger charge is 2.40. The zero-order valence-corrected chi connectivity index (χ0v) is 30.9. The second kappa shape index (κ2) is 20.2. The number of hydrogen-bond acceptors (Lipinski definition) is 16. The minimum atomic E-state index is -3.00. The molecular formula is C33H44N6O13P+. The number of benzene rings is 1. The molecule has 3 amide bonds. The van der Waals surface area contributed by atoms with E-state index in [-0.39, 0.29) is 63.6 Å².